The van der Waals surface area contributed by atoms with Crippen LogP contribution >= 0.6 is 15.9 Å². The van der Waals surface area contributed by atoms with E-state index in [0.29, 0.717) is 5.56 Å². The molecule has 2 rings (SSSR count). The van der Waals surface area contributed by atoms with Gasteiger partial charge < -0.3 is 9.47 Å². The molecule has 0 amide bonds. The SMILES string of the molecule is CCOC(=O)[C@H]1C(=O)OC(C)(C)[C@H]1[C@@H](C)C(=O)c1ccc(Br)cc1. The highest BCUT2D eigenvalue weighted by atomic mass is 79.9. The summed E-state index contributed by atoms with van der Waals surface area (Å²) < 4.78 is 11.3. The molecule has 0 radical (unpaired) electrons. The first-order valence-electron chi connectivity index (χ1n) is 7.88. The van der Waals surface area contributed by atoms with Gasteiger partial charge in [0.2, 0.25) is 0 Å². The zero-order chi connectivity index (χ0) is 18.1. The molecule has 0 spiro atoms. The molecule has 1 aromatic carbocycles. The van der Waals surface area contributed by atoms with E-state index >= 15 is 0 Å². The summed E-state index contributed by atoms with van der Waals surface area (Å²) in [5.41, 5.74) is -0.387. The molecule has 0 aromatic heterocycles. The van der Waals surface area contributed by atoms with Crippen LogP contribution in [0.3, 0.4) is 0 Å². The van der Waals surface area contributed by atoms with E-state index in [2.05, 4.69) is 15.9 Å². The third-order valence-corrected chi connectivity index (χ3v) is 4.93. The minimum atomic E-state index is -1.07. The van der Waals surface area contributed by atoms with E-state index in [1.165, 1.54) is 0 Å². The molecule has 1 saturated heterocycles. The van der Waals surface area contributed by atoms with E-state index in [1.807, 2.05) is 0 Å². The summed E-state index contributed by atoms with van der Waals surface area (Å²) in [4.78, 5) is 37.2. The van der Waals surface area contributed by atoms with E-state index in [1.54, 1.807) is 52.0 Å². The van der Waals surface area contributed by atoms with Crippen molar-refractivity contribution in [1.29, 1.82) is 0 Å². The maximum absolute atomic E-state index is 12.8. The van der Waals surface area contributed by atoms with Crippen molar-refractivity contribution in [2.24, 2.45) is 17.8 Å². The number of hydrogen-bond acceptors (Lipinski definition) is 5. The fraction of sp³-hybridized carbons (Fsp3) is 0.500. The fourth-order valence-corrected chi connectivity index (χ4v) is 3.61. The number of hydrogen-bond donors (Lipinski definition) is 0. The number of benzene rings is 1. The summed E-state index contributed by atoms with van der Waals surface area (Å²) in [6.07, 6.45) is 0. The molecule has 0 unspecified atom stereocenters. The minimum Gasteiger partial charge on any atom is -0.465 e. The summed E-state index contributed by atoms with van der Waals surface area (Å²) >= 11 is 3.33. The molecule has 0 bridgehead atoms. The molecule has 0 aliphatic carbocycles. The van der Waals surface area contributed by atoms with Gasteiger partial charge in [0, 0.05) is 21.9 Å². The van der Waals surface area contributed by atoms with Crippen LogP contribution in [-0.4, -0.2) is 29.9 Å². The average Bonchev–Trinajstić information content (AvgIpc) is 2.75. The van der Waals surface area contributed by atoms with Crippen LogP contribution in [0.25, 0.3) is 0 Å². The Morgan fingerprint density at radius 2 is 1.88 bits per heavy atom. The van der Waals surface area contributed by atoms with Crippen molar-refractivity contribution in [3.8, 4) is 0 Å². The minimum absolute atomic E-state index is 0.131. The van der Waals surface area contributed by atoms with Gasteiger partial charge in [-0.15, -0.1) is 0 Å². The lowest BCUT2D eigenvalue weighted by Gasteiger charge is -2.30. The predicted molar refractivity (Wildman–Crippen MR) is 91.4 cm³/mol. The molecule has 130 valence electrons. The quantitative estimate of drug-likeness (QED) is 0.433. The van der Waals surface area contributed by atoms with Gasteiger partial charge in [-0.25, -0.2) is 0 Å². The Morgan fingerprint density at radius 1 is 1.29 bits per heavy atom. The fourth-order valence-electron chi connectivity index (χ4n) is 3.34. The Bertz CT molecular complexity index is 650. The molecular weight excluding hydrogens is 376 g/mol. The third-order valence-electron chi connectivity index (χ3n) is 4.40. The van der Waals surface area contributed by atoms with Crippen LogP contribution in [0, 0.1) is 17.8 Å². The lowest BCUT2D eigenvalue weighted by atomic mass is 9.72. The Morgan fingerprint density at radius 3 is 2.42 bits per heavy atom. The molecule has 1 heterocycles. The number of carbonyl (C=O) groups excluding carboxylic acids is 3. The van der Waals surface area contributed by atoms with Gasteiger partial charge in [-0.2, -0.15) is 0 Å². The van der Waals surface area contributed by atoms with Crippen molar-refractivity contribution in [2.45, 2.75) is 33.3 Å². The van der Waals surface area contributed by atoms with E-state index in [-0.39, 0.29) is 12.4 Å². The zero-order valence-corrected chi connectivity index (χ0v) is 15.8. The number of Topliss-reactive ketones (excluding diaryl/α,β-unsaturated/α-hetero) is 1. The van der Waals surface area contributed by atoms with Crippen molar-refractivity contribution in [1.82, 2.24) is 0 Å². The number of carbonyl (C=O) groups is 3. The first kappa shape index (κ1) is 18.6. The molecule has 1 fully saturated rings. The highest BCUT2D eigenvalue weighted by Crippen LogP contribution is 2.43. The first-order valence-corrected chi connectivity index (χ1v) is 8.67. The van der Waals surface area contributed by atoms with Gasteiger partial charge in [-0.1, -0.05) is 35.0 Å². The Hall–Kier alpha value is -1.69. The van der Waals surface area contributed by atoms with Crippen LogP contribution in [-0.2, 0) is 19.1 Å². The number of cyclic esters (lactones) is 1. The second-order valence-corrected chi connectivity index (χ2v) is 7.36. The van der Waals surface area contributed by atoms with Crippen molar-refractivity contribution in [3.63, 3.8) is 0 Å². The highest BCUT2D eigenvalue weighted by Gasteiger charge is 2.57. The summed E-state index contributed by atoms with van der Waals surface area (Å²) in [5, 5.41) is 0. The number of rotatable bonds is 5. The van der Waals surface area contributed by atoms with Crippen LogP contribution in [0.2, 0.25) is 0 Å². The van der Waals surface area contributed by atoms with Gasteiger partial charge in [0.15, 0.2) is 11.7 Å². The molecule has 24 heavy (non-hydrogen) atoms. The van der Waals surface area contributed by atoms with Gasteiger partial charge in [-0.05, 0) is 32.9 Å². The van der Waals surface area contributed by atoms with Crippen molar-refractivity contribution in [3.05, 3.63) is 34.3 Å². The lowest BCUT2D eigenvalue weighted by molar-refractivity contribution is -0.157. The van der Waals surface area contributed by atoms with Crippen LogP contribution in [0.4, 0.5) is 0 Å². The van der Waals surface area contributed by atoms with Crippen LogP contribution in [0.5, 0.6) is 0 Å². The Labute approximate surface area is 149 Å². The second-order valence-electron chi connectivity index (χ2n) is 6.44. The Balaban J connectivity index is 2.33. The van der Waals surface area contributed by atoms with E-state index in [0.717, 1.165) is 4.47 Å². The topological polar surface area (TPSA) is 69.7 Å². The highest BCUT2D eigenvalue weighted by molar-refractivity contribution is 9.10. The molecule has 1 aromatic rings. The molecular formula is C18H21BrO5. The normalized spacial score (nSPS) is 23.5. The first-order chi connectivity index (χ1) is 11.2. The standard InChI is InChI=1S/C18H21BrO5/c1-5-23-16(21)13-14(18(3,4)24-17(13)22)10(2)15(20)11-6-8-12(19)9-7-11/h6-10,13-14H,5H2,1-4H3/t10-,13+,14+/m1/s1. The molecule has 0 saturated carbocycles. The average molecular weight is 397 g/mol. The number of ether oxygens (including phenoxy) is 2. The molecule has 3 atom stereocenters. The van der Waals surface area contributed by atoms with E-state index < -0.39 is 35.3 Å². The van der Waals surface area contributed by atoms with Crippen LogP contribution in [0.1, 0.15) is 38.1 Å². The van der Waals surface area contributed by atoms with Gasteiger partial charge in [-0.3, -0.25) is 14.4 Å². The van der Waals surface area contributed by atoms with Gasteiger partial charge >= 0.3 is 11.9 Å². The summed E-state index contributed by atoms with van der Waals surface area (Å²) in [5.74, 6) is -3.61. The number of ketones is 1. The second kappa shape index (κ2) is 7.05. The van der Waals surface area contributed by atoms with Gasteiger partial charge in [0.1, 0.15) is 5.60 Å². The lowest BCUT2D eigenvalue weighted by Crippen LogP contribution is -2.41. The van der Waals surface area contributed by atoms with Crippen molar-refractivity contribution >= 4 is 33.7 Å². The number of esters is 2. The van der Waals surface area contributed by atoms with E-state index in [9.17, 15) is 14.4 Å². The third kappa shape index (κ3) is 3.53. The van der Waals surface area contributed by atoms with Crippen molar-refractivity contribution < 1.29 is 23.9 Å². The number of halogens is 1. The maximum atomic E-state index is 12.8. The zero-order valence-electron chi connectivity index (χ0n) is 14.2. The molecule has 1 aliphatic heterocycles. The largest absolute Gasteiger partial charge is 0.465 e. The summed E-state index contributed by atoms with van der Waals surface area (Å²) in [7, 11) is 0. The monoisotopic (exact) mass is 396 g/mol. The summed E-state index contributed by atoms with van der Waals surface area (Å²) in [6.45, 7) is 7.02. The smallest absolute Gasteiger partial charge is 0.321 e. The van der Waals surface area contributed by atoms with Crippen molar-refractivity contribution in [2.75, 3.05) is 6.61 Å². The molecule has 5 nitrogen and oxygen atoms in total. The van der Waals surface area contributed by atoms with E-state index in [4.69, 9.17) is 9.47 Å². The predicted octanol–water partition coefficient (Wildman–Crippen LogP) is 3.40. The van der Waals surface area contributed by atoms with Crippen LogP contribution in [0.15, 0.2) is 28.7 Å². The van der Waals surface area contributed by atoms with Gasteiger partial charge in [0.25, 0.3) is 0 Å². The molecule has 6 heteroatoms. The molecule has 0 N–H and O–H groups in total. The maximum Gasteiger partial charge on any atom is 0.321 e. The summed E-state index contributed by atoms with van der Waals surface area (Å²) in [6, 6.07) is 6.99. The Kier molecular flexibility index (Phi) is 5.48. The van der Waals surface area contributed by atoms with Crippen LogP contribution < -0.4 is 0 Å². The molecule has 1 aliphatic rings. The van der Waals surface area contributed by atoms with Gasteiger partial charge in [0.05, 0.1) is 6.61 Å².